The van der Waals surface area contributed by atoms with E-state index in [0.29, 0.717) is 5.75 Å². The molecule has 176 valence electrons. The summed E-state index contributed by atoms with van der Waals surface area (Å²) in [5.74, 6) is -6.27. The molecule has 0 aromatic rings. The Morgan fingerprint density at radius 2 is 1.39 bits per heavy atom. The van der Waals surface area contributed by atoms with Crippen LogP contribution in [0, 0.1) is 0 Å². The molecule has 0 aromatic heterocycles. The number of carboxylic acid groups (broad SMARTS) is 3. The molecule has 0 aliphatic rings. The Bertz CT molecular complexity index is 689. The van der Waals surface area contributed by atoms with Gasteiger partial charge < -0.3 is 37.0 Å². The van der Waals surface area contributed by atoms with Crippen LogP contribution < -0.4 is 21.7 Å². The highest BCUT2D eigenvalue weighted by atomic mass is 32.2. The van der Waals surface area contributed by atoms with Crippen molar-refractivity contribution >= 4 is 47.4 Å². The number of rotatable bonds is 15. The number of thioether (sulfide) groups is 1. The van der Waals surface area contributed by atoms with Crippen LogP contribution in [-0.2, 0) is 28.8 Å². The Morgan fingerprint density at radius 3 is 1.87 bits per heavy atom. The van der Waals surface area contributed by atoms with E-state index >= 15 is 0 Å². The van der Waals surface area contributed by atoms with Gasteiger partial charge in [0.1, 0.15) is 18.1 Å². The number of nitrogens with two attached hydrogens (primary N) is 1. The van der Waals surface area contributed by atoms with Gasteiger partial charge in [0.25, 0.3) is 0 Å². The predicted molar refractivity (Wildman–Crippen MR) is 109 cm³/mol. The quantitative estimate of drug-likeness (QED) is 0.140. The molecule has 0 aromatic carbocycles. The third kappa shape index (κ3) is 11.8. The zero-order valence-corrected chi connectivity index (χ0v) is 17.9. The average Bonchev–Trinajstić information content (AvgIpc) is 2.67. The monoisotopic (exact) mass is 464 g/mol. The van der Waals surface area contributed by atoms with Gasteiger partial charge in [-0.3, -0.25) is 28.8 Å². The van der Waals surface area contributed by atoms with E-state index in [0.717, 1.165) is 0 Å². The highest BCUT2D eigenvalue weighted by molar-refractivity contribution is 7.98. The van der Waals surface area contributed by atoms with Crippen molar-refractivity contribution in [2.45, 2.75) is 56.8 Å². The fourth-order valence-corrected chi connectivity index (χ4v) is 2.71. The Labute approximate surface area is 182 Å². The van der Waals surface area contributed by atoms with Crippen molar-refractivity contribution < 1.29 is 44.1 Å². The average molecular weight is 464 g/mol. The number of carboxylic acids is 3. The highest BCUT2D eigenvalue weighted by Gasteiger charge is 2.30. The second-order valence-electron chi connectivity index (χ2n) is 6.61. The second kappa shape index (κ2) is 14.2. The number of aliphatic carboxylic acids is 3. The Balaban J connectivity index is 5.37. The molecule has 31 heavy (non-hydrogen) atoms. The van der Waals surface area contributed by atoms with Crippen molar-refractivity contribution in [2.24, 2.45) is 5.73 Å². The van der Waals surface area contributed by atoms with Crippen LogP contribution in [0.5, 0.6) is 0 Å². The molecule has 3 amide bonds. The van der Waals surface area contributed by atoms with Crippen LogP contribution in [0.1, 0.15) is 32.6 Å². The molecule has 0 spiro atoms. The molecule has 0 aliphatic carbocycles. The summed E-state index contributed by atoms with van der Waals surface area (Å²) >= 11 is 1.44. The number of carbonyl (C=O) groups is 6. The topological polar surface area (TPSA) is 225 Å². The standard InChI is InChI=1S/C17H28N4O9S/c1-8(17(29)30)19-15(27)10(3-4-12(22)23)20-16(28)11(7-13(24)25)21-14(26)9(18)5-6-31-2/h8-11H,3-7,18H2,1-2H3,(H,19,27)(H,20,28)(H,21,26)(H,22,23)(H,24,25)(H,29,30). The minimum absolute atomic E-state index is 0.283. The summed E-state index contributed by atoms with van der Waals surface area (Å²) in [6, 6.07) is -5.36. The summed E-state index contributed by atoms with van der Waals surface area (Å²) in [6.45, 7) is 1.17. The maximum atomic E-state index is 12.6. The Hall–Kier alpha value is -2.87. The molecule has 4 atom stereocenters. The minimum Gasteiger partial charge on any atom is -0.481 e. The molecule has 0 radical (unpaired) electrons. The highest BCUT2D eigenvalue weighted by Crippen LogP contribution is 2.04. The molecule has 0 aliphatic heterocycles. The summed E-state index contributed by atoms with van der Waals surface area (Å²) in [5, 5.41) is 33.3. The second-order valence-corrected chi connectivity index (χ2v) is 7.59. The van der Waals surface area contributed by atoms with Gasteiger partial charge >= 0.3 is 17.9 Å². The lowest BCUT2D eigenvalue weighted by Gasteiger charge is -2.23. The summed E-state index contributed by atoms with van der Waals surface area (Å²) in [7, 11) is 0. The molecule has 4 unspecified atom stereocenters. The summed E-state index contributed by atoms with van der Waals surface area (Å²) < 4.78 is 0. The number of nitrogens with one attached hydrogen (secondary N) is 3. The van der Waals surface area contributed by atoms with Gasteiger partial charge in [0.2, 0.25) is 17.7 Å². The first kappa shape index (κ1) is 28.1. The van der Waals surface area contributed by atoms with Crippen LogP contribution in [0.4, 0.5) is 0 Å². The van der Waals surface area contributed by atoms with Gasteiger partial charge in [-0.25, -0.2) is 0 Å². The zero-order chi connectivity index (χ0) is 24.1. The van der Waals surface area contributed by atoms with Gasteiger partial charge in [0.15, 0.2) is 0 Å². The number of carbonyl (C=O) groups excluding carboxylic acids is 3. The fraction of sp³-hybridized carbons (Fsp3) is 0.647. The first-order chi connectivity index (χ1) is 14.4. The number of amides is 3. The lowest BCUT2D eigenvalue weighted by Crippen LogP contribution is -2.57. The Morgan fingerprint density at radius 1 is 0.839 bits per heavy atom. The third-order valence-corrected chi connectivity index (χ3v) is 4.63. The van der Waals surface area contributed by atoms with Crippen molar-refractivity contribution in [1.82, 2.24) is 16.0 Å². The smallest absolute Gasteiger partial charge is 0.325 e. The lowest BCUT2D eigenvalue weighted by atomic mass is 10.1. The van der Waals surface area contributed by atoms with Crippen LogP contribution in [0.15, 0.2) is 0 Å². The largest absolute Gasteiger partial charge is 0.481 e. The zero-order valence-electron chi connectivity index (χ0n) is 17.1. The van der Waals surface area contributed by atoms with E-state index in [-0.39, 0.29) is 12.8 Å². The maximum Gasteiger partial charge on any atom is 0.325 e. The van der Waals surface area contributed by atoms with Crippen LogP contribution in [0.2, 0.25) is 0 Å². The molecular formula is C17H28N4O9S. The number of hydrogen-bond acceptors (Lipinski definition) is 8. The van der Waals surface area contributed by atoms with Gasteiger partial charge in [-0.15, -0.1) is 0 Å². The molecule has 0 saturated carbocycles. The van der Waals surface area contributed by atoms with Crippen molar-refractivity contribution in [3.63, 3.8) is 0 Å². The van der Waals surface area contributed by atoms with E-state index < -0.39 is 72.6 Å². The van der Waals surface area contributed by atoms with Gasteiger partial charge in [-0.2, -0.15) is 11.8 Å². The summed E-state index contributed by atoms with van der Waals surface area (Å²) in [5.41, 5.74) is 5.71. The molecule has 0 bridgehead atoms. The van der Waals surface area contributed by atoms with Crippen molar-refractivity contribution in [3.05, 3.63) is 0 Å². The Kier molecular flexibility index (Phi) is 12.9. The first-order valence-electron chi connectivity index (χ1n) is 9.21. The van der Waals surface area contributed by atoms with E-state index in [9.17, 15) is 28.8 Å². The number of hydrogen-bond donors (Lipinski definition) is 7. The summed E-state index contributed by atoms with van der Waals surface area (Å²) in [4.78, 5) is 69.9. The molecule has 8 N–H and O–H groups in total. The van der Waals surface area contributed by atoms with Gasteiger partial charge in [-0.05, 0) is 31.8 Å². The van der Waals surface area contributed by atoms with Crippen LogP contribution in [-0.4, -0.2) is 87.1 Å². The van der Waals surface area contributed by atoms with Crippen LogP contribution >= 0.6 is 11.8 Å². The fourth-order valence-electron chi connectivity index (χ4n) is 2.22. The van der Waals surface area contributed by atoms with Gasteiger partial charge in [-0.1, -0.05) is 0 Å². The molecule has 14 heteroatoms. The molecule has 0 saturated heterocycles. The van der Waals surface area contributed by atoms with Gasteiger partial charge in [0, 0.05) is 6.42 Å². The third-order valence-electron chi connectivity index (χ3n) is 3.99. The molecular weight excluding hydrogens is 436 g/mol. The van der Waals surface area contributed by atoms with E-state index in [1.165, 1.54) is 18.7 Å². The molecule has 13 nitrogen and oxygen atoms in total. The lowest BCUT2D eigenvalue weighted by molar-refractivity contribution is -0.143. The molecule has 0 rings (SSSR count). The van der Waals surface area contributed by atoms with Crippen molar-refractivity contribution in [3.8, 4) is 0 Å². The first-order valence-corrected chi connectivity index (χ1v) is 10.6. The van der Waals surface area contributed by atoms with Crippen molar-refractivity contribution in [1.29, 1.82) is 0 Å². The molecule has 0 heterocycles. The normalized spacial score (nSPS) is 14.4. The van der Waals surface area contributed by atoms with E-state index in [1.54, 1.807) is 6.26 Å². The van der Waals surface area contributed by atoms with Crippen LogP contribution in [0.25, 0.3) is 0 Å². The summed E-state index contributed by atoms with van der Waals surface area (Å²) in [6.07, 6.45) is 0.352. The molecule has 0 fully saturated rings. The minimum atomic E-state index is -1.58. The predicted octanol–water partition coefficient (Wildman–Crippen LogP) is -2.03. The van der Waals surface area contributed by atoms with Gasteiger partial charge in [0.05, 0.1) is 12.5 Å². The van der Waals surface area contributed by atoms with E-state index in [1.807, 2.05) is 0 Å². The van der Waals surface area contributed by atoms with Crippen molar-refractivity contribution in [2.75, 3.05) is 12.0 Å². The maximum absolute atomic E-state index is 12.6. The SMILES string of the molecule is CSCCC(N)C(=O)NC(CC(=O)O)C(=O)NC(CCC(=O)O)C(=O)NC(C)C(=O)O. The van der Waals surface area contributed by atoms with E-state index in [2.05, 4.69) is 16.0 Å². The van der Waals surface area contributed by atoms with E-state index in [4.69, 9.17) is 21.1 Å². The van der Waals surface area contributed by atoms with Crippen LogP contribution in [0.3, 0.4) is 0 Å².